The lowest BCUT2D eigenvalue weighted by Gasteiger charge is -2.34. The zero-order valence-corrected chi connectivity index (χ0v) is 18.9. The van der Waals surface area contributed by atoms with Gasteiger partial charge >= 0.3 is 0 Å². The number of likely N-dealkylation sites (N-methyl/N-ethyl adjacent to an activating group) is 1. The molecule has 6 nitrogen and oxygen atoms in total. The van der Waals surface area contributed by atoms with Gasteiger partial charge in [0.15, 0.2) is 0 Å². The van der Waals surface area contributed by atoms with Crippen molar-refractivity contribution >= 4 is 21.8 Å². The van der Waals surface area contributed by atoms with Crippen molar-refractivity contribution in [1.29, 1.82) is 0 Å². The minimum absolute atomic E-state index is 0.00858. The summed E-state index contributed by atoms with van der Waals surface area (Å²) in [5.41, 5.74) is 2.06. The number of benzene rings is 2. The van der Waals surface area contributed by atoms with Gasteiger partial charge in [-0.15, -0.1) is 4.41 Å². The minimum Gasteiger partial charge on any atom is -0.308 e. The first-order valence-corrected chi connectivity index (χ1v) is 11.4. The van der Waals surface area contributed by atoms with Crippen molar-refractivity contribution in [3.05, 3.63) is 70.7 Å². The van der Waals surface area contributed by atoms with Crippen molar-refractivity contribution in [2.75, 3.05) is 47.8 Å². The lowest BCUT2D eigenvalue weighted by molar-refractivity contribution is 0.0761. The molecule has 2 unspecified atom stereocenters. The van der Waals surface area contributed by atoms with Crippen LogP contribution in [0.5, 0.6) is 0 Å². The van der Waals surface area contributed by atoms with Crippen LogP contribution < -0.4 is 0 Å². The molecule has 2 aromatic rings. The lowest BCUT2D eigenvalue weighted by Crippen LogP contribution is -2.49. The van der Waals surface area contributed by atoms with E-state index in [1.165, 1.54) is 4.31 Å². The Bertz CT molecular complexity index is 904. The van der Waals surface area contributed by atoms with Crippen LogP contribution in [0.2, 0.25) is 5.02 Å². The topological polar surface area (TPSA) is 47.1 Å². The van der Waals surface area contributed by atoms with Crippen molar-refractivity contribution in [1.82, 2.24) is 18.6 Å². The predicted octanol–water partition coefficient (Wildman–Crippen LogP) is 3.07. The number of nitrogens with zero attached hydrogens (tertiary/aromatic N) is 4. The molecule has 0 amide bonds. The summed E-state index contributed by atoms with van der Waals surface area (Å²) in [5, 5.41) is 2.60. The van der Waals surface area contributed by atoms with Crippen molar-refractivity contribution in [3.63, 3.8) is 0 Å². The summed E-state index contributed by atoms with van der Waals surface area (Å²) in [5.74, 6) is 0.00858. The Balaban J connectivity index is 2.12. The van der Waals surface area contributed by atoms with E-state index in [0.717, 1.165) is 17.7 Å². The smallest absolute Gasteiger partial charge is 0.295 e. The van der Waals surface area contributed by atoms with Crippen LogP contribution in [0.4, 0.5) is 0 Å². The highest BCUT2D eigenvalue weighted by Gasteiger charge is 2.48. The number of hydrogen-bond donors (Lipinski definition) is 0. The predicted molar refractivity (Wildman–Crippen MR) is 118 cm³/mol. The van der Waals surface area contributed by atoms with Crippen molar-refractivity contribution in [2.45, 2.75) is 12.0 Å². The van der Waals surface area contributed by atoms with E-state index in [-0.39, 0.29) is 12.0 Å². The number of hydrazine groups is 1. The van der Waals surface area contributed by atoms with Gasteiger partial charge in [-0.1, -0.05) is 54.1 Å². The van der Waals surface area contributed by atoms with E-state index in [2.05, 4.69) is 17.0 Å². The molecule has 29 heavy (non-hydrogen) atoms. The Labute approximate surface area is 179 Å². The second-order valence-corrected chi connectivity index (χ2v) is 10.2. The summed E-state index contributed by atoms with van der Waals surface area (Å²) in [6.45, 7) is 2.00. The van der Waals surface area contributed by atoms with Gasteiger partial charge in [0, 0.05) is 44.7 Å². The first kappa shape index (κ1) is 22.2. The largest absolute Gasteiger partial charge is 0.308 e. The average molecular weight is 437 g/mol. The fraction of sp³-hybridized carbons (Fsp3) is 0.429. The van der Waals surface area contributed by atoms with Crippen molar-refractivity contribution in [2.24, 2.45) is 0 Å². The quantitative estimate of drug-likeness (QED) is 0.669. The second kappa shape index (κ2) is 9.12. The van der Waals surface area contributed by atoms with E-state index in [9.17, 15) is 8.42 Å². The maximum atomic E-state index is 13.4. The molecule has 0 N–H and O–H groups in total. The second-order valence-electron chi connectivity index (χ2n) is 7.79. The number of rotatable bonds is 7. The fourth-order valence-corrected chi connectivity index (χ4v) is 5.16. The molecule has 1 aliphatic rings. The van der Waals surface area contributed by atoms with Crippen LogP contribution in [0, 0.1) is 0 Å². The van der Waals surface area contributed by atoms with Gasteiger partial charge in [-0.25, -0.2) is 5.01 Å². The maximum absolute atomic E-state index is 13.4. The van der Waals surface area contributed by atoms with E-state index >= 15 is 0 Å². The molecule has 1 saturated heterocycles. The number of halogens is 1. The summed E-state index contributed by atoms with van der Waals surface area (Å²) < 4.78 is 29.6. The molecular formula is C21H29ClN4O2S. The Morgan fingerprint density at radius 2 is 1.59 bits per heavy atom. The van der Waals surface area contributed by atoms with Crippen LogP contribution >= 0.6 is 11.6 Å². The summed E-state index contributed by atoms with van der Waals surface area (Å²) >= 11 is 6.11. The van der Waals surface area contributed by atoms with Crippen molar-refractivity contribution < 1.29 is 8.42 Å². The minimum atomic E-state index is -3.68. The monoisotopic (exact) mass is 436 g/mol. The molecule has 0 bridgehead atoms. The molecule has 0 saturated carbocycles. The zero-order valence-electron chi connectivity index (χ0n) is 17.4. The summed E-state index contributed by atoms with van der Waals surface area (Å²) in [6, 6.07) is 17.3. The average Bonchev–Trinajstić information content (AvgIpc) is 3.08. The summed E-state index contributed by atoms with van der Waals surface area (Å²) in [6.07, 6.45) is 0. The molecule has 0 radical (unpaired) electrons. The molecule has 8 heteroatoms. The van der Waals surface area contributed by atoms with E-state index < -0.39 is 10.2 Å². The van der Waals surface area contributed by atoms with E-state index in [4.69, 9.17) is 11.6 Å². The Morgan fingerprint density at radius 1 is 0.966 bits per heavy atom. The SMILES string of the molecule is CN(C)CCN1CC(c2ccccc2)C(c2ccc(Cl)cc2)N1S(=O)(=O)N(C)C. The highest BCUT2D eigenvalue weighted by molar-refractivity contribution is 7.86. The Morgan fingerprint density at radius 3 is 2.14 bits per heavy atom. The molecule has 2 atom stereocenters. The molecule has 158 valence electrons. The number of hydrogen-bond acceptors (Lipinski definition) is 4. The van der Waals surface area contributed by atoms with Gasteiger partial charge in [0.25, 0.3) is 10.2 Å². The maximum Gasteiger partial charge on any atom is 0.295 e. The first-order chi connectivity index (χ1) is 13.7. The molecule has 2 aromatic carbocycles. The summed E-state index contributed by atoms with van der Waals surface area (Å²) in [7, 11) is 3.46. The standard InChI is InChI=1S/C21H29ClN4O2S/c1-23(2)14-15-25-16-20(17-8-6-5-7-9-17)21(18-10-12-19(22)13-11-18)26(25)29(27,28)24(3)4/h5-13,20-21H,14-16H2,1-4H3. The van der Waals surface area contributed by atoms with Gasteiger partial charge in [0.2, 0.25) is 0 Å². The first-order valence-electron chi connectivity index (χ1n) is 9.63. The normalized spacial score (nSPS) is 21.3. The Kier molecular flexibility index (Phi) is 6.98. The zero-order chi connectivity index (χ0) is 21.2. The molecule has 0 aliphatic carbocycles. The van der Waals surface area contributed by atoms with Gasteiger partial charge in [-0.05, 0) is 37.4 Å². The highest BCUT2D eigenvalue weighted by Crippen LogP contribution is 2.45. The molecule has 1 heterocycles. The van der Waals surface area contributed by atoms with Crippen LogP contribution in [0.15, 0.2) is 54.6 Å². The molecule has 0 spiro atoms. The lowest BCUT2D eigenvalue weighted by atomic mass is 9.89. The van der Waals surface area contributed by atoms with Crippen molar-refractivity contribution in [3.8, 4) is 0 Å². The van der Waals surface area contributed by atoms with E-state index in [1.807, 2.05) is 61.6 Å². The van der Waals surface area contributed by atoms with Gasteiger partial charge in [0.05, 0.1) is 6.04 Å². The third-order valence-corrected chi connectivity index (χ3v) is 7.35. The van der Waals surface area contributed by atoms with E-state index in [1.54, 1.807) is 18.5 Å². The van der Waals surface area contributed by atoms with Gasteiger partial charge in [-0.2, -0.15) is 12.7 Å². The van der Waals surface area contributed by atoms with Crippen LogP contribution in [-0.4, -0.2) is 74.9 Å². The molecular weight excluding hydrogens is 408 g/mol. The molecule has 3 rings (SSSR count). The summed E-state index contributed by atoms with van der Waals surface area (Å²) in [4.78, 5) is 2.06. The van der Waals surface area contributed by atoms with Gasteiger partial charge in [0.1, 0.15) is 0 Å². The van der Waals surface area contributed by atoms with Crippen LogP contribution in [0.25, 0.3) is 0 Å². The third-order valence-electron chi connectivity index (χ3n) is 5.25. The Hall–Kier alpha value is -1.48. The van der Waals surface area contributed by atoms with Crippen LogP contribution in [0.3, 0.4) is 0 Å². The fourth-order valence-electron chi connectivity index (χ4n) is 3.71. The van der Waals surface area contributed by atoms with E-state index in [0.29, 0.717) is 18.1 Å². The van der Waals surface area contributed by atoms with Crippen LogP contribution in [0.1, 0.15) is 23.1 Å². The third kappa shape index (κ3) is 4.82. The molecule has 0 aromatic heterocycles. The van der Waals surface area contributed by atoms with Gasteiger partial charge < -0.3 is 4.90 Å². The van der Waals surface area contributed by atoms with Crippen LogP contribution in [-0.2, 0) is 10.2 Å². The van der Waals surface area contributed by atoms with Gasteiger partial charge in [-0.3, -0.25) is 0 Å². The molecule has 1 aliphatic heterocycles. The highest BCUT2D eigenvalue weighted by atomic mass is 35.5. The molecule has 1 fully saturated rings.